The molecule has 1 aliphatic rings. The molecule has 1 heterocycles. The molecule has 6 heteroatoms. The molecule has 1 saturated carbocycles. The molecule has 114 valence electrons. The Morgan fingerprint density at radius 1 is 1.35 bits per heavy atom. The Balaban J connectivity index is 0.00000200. The van der Waals surface area contributed by atoms with Crippen LogP contribution in [-0.2, 0) is 11.8 Å². The standard InChI is InChI=1S/C14H24N4O.ClH/c1-15-13(11-9-16-18(2)10-11)14(19)17-12-7-5-3-4-6-8-12;/h9-10,12-13,15H,3-8H2,1-2H3,(H,17,19);1H. The number of likely N-dealkylation sites (N-methyl/N-ethyl adjacent to an activating group) is 1. The molecule has 0 radical (unpaired) electrons. The topological polar surface area (TPSA) is 59.0 Å². The maximum atomic E-state index is 12.4. The number of amides is 1. The molecule has 5 nitrogen and oxygen atoms in total. The molecular formula is C14H25ClN4O. The summed E-state index contributed by atoms with van der Waals surface area (Å²) in [6.45, 7) is 0. The molecule has 1 fully saturated rings. The molecular weight excluding hydrogens is 276 g/mol. The summed E-state index contributed by atoms with van der Waals surface area (Å²) in [6.07, 6.45) is 10.9. The van der Waals surface area contributed by atoms with Crippen molar-refractivity contribution >= 4 is 18.3 Å². The Hall–Kier alpha value is -1.07. The van der Waals surface area contributed by atoms with E-state index in [0.717, 1.165) is 18.4 Å². The van der Waals surface area contributed by atoms with Crippen LogP contribution in [0, 0.1) is 0 Å². The van der Waals surface area contributed by atoms with Crippen molar-refractivity contribution in [3.05, 3.63) is 18.0 Å². The van der Waals surface area contributed by atoms with Crippen molar-refractivity contribution < 1.29 is 4.79 Å². The van der Waals surface area contributed by atoms with E-state index in [1.54, 1.807) is 10.9 Å². The maximum absolute atomic E-state index is 12.4. The van der Waals surface area contributed by atoms with Crippen molar-refractivity contribution in [2.75, 3.05) is 7.05 Å². The molecule has 1 aromatic rings. The lowest BCUT2D eigenvalue weighted by atomic mass is 10.1. The number of rotatable bonds is 4. The molecule has 1 aromatic heterocycles. The van der Waals surface area contributed by atoms with Gasteiger partial charge in [-0.05, 0) is 19.9 Å². The predicted molar refractivity (Wildman–Crippen MR) is 81.9 cm³/mol. The van der Waals surface area contributed by atoms with Crippen LogP contribution in [0.2, 0.25) is 0 Å². The van der Waals surface area contributed by atoms with E-state index in [9.17, 15) is 4.79 Å². The van der Waals surface area contributed by atoms with Gasteiger partial charge in [0.2, 0.25) is 5.91 Å². The smallest absolute Gasteiger partial charge is 0.242 e. The average molecular weight is 301 g/mol. The summed E-state index contributed by atoms with van der Waals surface area (Å²) < 4.78 is 1.72. The van der Waals surface area contributed by atoms with Gasteiger partial charge in [0.25, 0.3) is 0 Å². The van der Waals surface area contributed by atoms with E-state index >= 15 is 0 Å². The molecule has 2 N–H and O–H groups in total. The highest BCUT2D eigenvalue weighted by molar-refractivity contribution is 5.85. The van der Waals surface area contributed by atoms with E-state index in [1.807, 2.05) is 20.3 Å². The number of aromatic nitrogens is 2. The van der Waals surface area contributed by atoms with Crippen LogP contribution < -0.4 is 10.6 Å². The summed E-state index contributed by atoms with van der Waals surface area (Å²) >= 11 is 0. The van der Waals surface area contributed by atoms with Crippen LogP contribution in [0.5, 0.6) is 0 Å². The van der Waals surface area contributed by atoms with Crippen LogP contribution in [0.1, 0.15) is 50.1 Å². The normalized spacial score (nSPS) is 17.9. The molecule has 1 amide bonds. The number of aryl methyl sites for hydroxylation is 1. The Morgan fingerprint density at radius 2 is 2.00 bits per heavy atom. The summed E-state index contributed by atoms with van der Waals surface area (Å²) in [6, 6.07) is 0.0273. The van der Waals surface area contributed by atoms with E-state index in [1.165, 1.54) is 25.7 Å². The summed E-state index contributed by atoms with van der Waals surface area (Å²) in [5.41, 5.74) is 0.913. The first-order chi connectivity index (χ1) is 9.20. The zero-order valence-electron chi connectivity index (χ0n) is 12.3. The molecule has 1 atom stereocenters. The Morgan fingerprint density at radius 3 is 2.50 bits per heavy atom. The minimum atomic E-state index is -0.308. The predicted octanol–water partition coefficient (Wildman–Crippen LogP) is 1.94. The number of carbonyl (C=O) groups excluding carboxylic acids is 1. The van der Waals surface area contributed by atoms with E-state index in [2.05, 4.69) is 15.7 Å². The lowest BCUT2D eigenvalue weighted by Gasteiger charge is -2.20. The molecule has 0 spiro atoms. The van der Waals surface area contributed by atoms with Crippen molar-refractivity contribution in [2.45, 2.75) is 50.6 Å². The van der Waals surface area contributed by atoms with Crippen molar-refractivity contribution in [2.24, 2.45) is 7.05 Å². The summed E-state index contributed by atoms with van der Waals surface area (Å²) in [5, 5.41) is 10.4. The zero-order chi connectivity index (χ0) is 13.7. The fourth-order valence-corrected chi connectivity index (χ4v) is 2.75. The molecule has 0 saturated heterocycles. The first-order valence-electron chi connectivity index (χ1n) is 7.17. The van der Waals surface area contributed by atoms with Gasteiger partial charge in [0, 0.05) is 24.8 Å². The first-order valence-corrected chi connectivity index (χ1v) is 7.17. The Kier molecular flexibility index (Phi) is 7.02. The van der Waals surface area contributed by atoms with E-state index in [0.29, 0.717) is 6.04 Å². The summed E-state index contributed by atoms with van der Waals surface area (Å²) in [4.78, 5) is 12.4. The second-order valence-corrected chi connectivity index (χ2v) is 5.37. The summed E-state index contributed by atoms with van der Waals surface area (Å²) in [7, 11) is 3.67. The fraction of sp³-hybridized carbons (Fsp3) is 0.714. The van der Waals surface area contributed by atoms with Crippen LogP contribution in [0.4, 0.5) is 0 Å². The van der Waals surface area contributed by atoms with Gasteiger partial charge in [0.05, 0.1) is 6.20 Å². The quantitative estimate of drug-likeness (QED) is 0.836. The van der Waals surface area contributed by atoms with Gasteiger partial charge in [-0.15, -0.1) is 12.4 Å². The largest absolute Gasteiger partial charge is 0.352 e. The molecule has 0 bridgehead atoms. The lowest BCUT2D eigenvalue weighted by molar-refractivity contribution is -0.124. The second kappa shape index (κ2) is 8.27. The number of nitrogens with zero attached hydrogens (tertiary/aromatic N) is 2. The highest BCUT2D eigenvalue weighted by Crippen LogP contribution is 2.18. The minimum absolute atomic E-state index is 0. The van der Waals surface area contributed by atoms with Gasteiger partial charge in [-0.25, -0.2) is 0 Å². The van der Waals surface area contributed by atoms with Crippen molar-refractivity contribution in [3.63, 3.8) is 0 Å². The number of nitrogens with one attached hydrogen (secondary N) is 2. The highest BCUT2D eigenvalue weighted by Gasteiger charge is 2.23. The Labute approximate surface area is 126 Å². The molecule has 1 unspecified atom stereocenters. The van der Waals surface area contributed by atoms with Gasteiger partial charge >= 0.3 is 0 Å². The van der Waals surface area contributed by atoms with Gasteiger partial charge in [-0.3, -0.25) is 9.48 Å². The van der Waals surface area contributed by atoms with Crippen LogP contribution in [-0.4, -0.2) is 28.8 Å². The van der Waals surface area contributed by atoms with Gasteiger partial charge in [-0.2, -0.15) is 5.10 Å². The maximum Gasteiger partial charge on any atom is 0.242 e. The monoisotopic (exact) mass is 300 g/mol. The third kappa shape index (κ3) is 4.49. The average Bonchev–Trinajstić information content (AvgIpc) is 2.65. The van der Waals surface area contributed by atoms with Crippen LogP contribution >= 0.6 is 12.4 Å². The van der Waals surface area contributed by atoms with Gasteiger partial charge in [-0.1, -0.05) is 25.7 Å². The van der Waals surface area contributed by atoms with Crippen LogP contribution in [0.3, 0.4) is 0 Å². The third-order valence-corrected chi connectivity index (χ3v) is 3.81. The molecule has 2 rings (SSSR count). The van der Waals surface area contributed by atoms with Crippen molar-refractivity contribution in [1.29, 1.82) is 0 Å². The van der Waals surface area contributed by atoms with Gasteiger partial charge in [0.1, 0.15) is 6.04 Å². The zero-order valence-corrected chi connectivity index (χ0v) is 13.1. The van der Waals surface area contributed by atoms with Crippen molar-refractivity contribution in [3.8, 4) is 0 Å². The number of hydrogen-bond donors (Lipinski definition) is 2. The van der Waals surface area contributed by atoms with Gasteiger partial charge < -0.3 is 10.6 Å². The fourth-order valence-electron chi connectivity index (χ4n) is 2.75. The highest BCUT2D eigenvalue weighted by atomic mass is 35.5. The van der Waals surface area contributed by atoms with Gasteiger partial charge in [0.15, 0.2) is 0 Å². The van der Waals surface area contributed by atoms with Crippen LogP contribution in [0.15, 0.2) is 12.4 Å². The number of carbonyl (C=O) groups is 1. The molecule has 1 aliphatic carbocycles. The van der Waals surface area contributed by atoms with E-state index in [4.69, 9.17) is 0 Å². The third-order valence-electron chi connectivity index (χ3n) is 3.81. The number of hydrogen-bond acceptors (Lipinski definition) is 3. The first kappa shape index (κ1) is 17.0. The molecule has 0 aromatic carbocycles. The molecule has 20 heavy (non-hydrogen) atoms. The van der Waals surface area contributed by atoms with E-state index in [-0.39, 0.29) is 24.4 Å². The Bertz CT molecular complexity index is 413. The minimum Gasteiger partial charge on any atom is -0.352 e. The lowest BCUT2D eigenvalue weighted by Crippen LogP contribution is -2.41. The summed E-state index contributed by atoms with van der Waals surface area (Å²) in [5.74, 6) is 0.0578. The van der Waals surface area contributed by atoms with Crippen molar-refractivity contribution in [1.82, 2.24) is 20.4 Å². The molecule has 0 aliphatic heterocycles. The number of halogens is 1. The SMILES string of the molecule is CNC(C(=O)NC1CCCCCC1)c1cnn(C)c1.Cl. The second-order valence-electron chi connectivity index (χ2n) is 5.37. The van der Waals surface area contributed by atoms with Crippen LogP contribution in [0.25, 0.3) is 0 Å². The van der Waals surface area contributed by atoms with E-state index < -0.39 is 0 Å².